The van der Waals surface area contributed by atoms with Gasteiger partial charge in [0.15, 0.2) is 0 Å². The molecule has 20 heavy (non-hydrogen) atoms. The molecule has 0 spiro atoms. The summed E-state index contributed by atoms with van der Waals surface area (Å²) in [4.78, 5) is 17.4. The average molecular weight is 287 g/mol. The van der Waals surface area contributed by atoms with Crippen molar-refractivity contribution < 1.29 is 22.8 Å². The van der Waals surface area contributed by atoms with Crippen molar-refractivity contribution in [2.24, 2.45) is 5.41 Å². The molecule has 1 aliphatic heterocycles. The van der Waals surface area contributed by atoms with E-state index in [1.807, 2.05) is 0 Å². The Morgan fingerprint density at radius 1 is 1.35 bits per heavy atom. The normalized spacial score (nSPS) is 19.7. The van der Waals surface area contributed by atoms with Gasteiger partial charge in [0.1, 0.15) is 11.2 Å². The lowest BCUT2D eigenvalue weighted by molar-refractivity contribution is -0.194. The fourth-order valence-electron chi connectivity index (χ4n) is 2.03. The zero-order valence-corrected chi connectivity index (χ0v) is 11.3. The molecule has 110 valence electrons. The van der Waals surface area contributed by atoms with Crippen LogP contribution < -0.4 is 0 Å². The summed E-state index contributed by atoms with van der Waals surface area (Å²) in [5.41, 5.74) is -1.15. The van der Waals surface area contributed by atoms with E-state index in [9.17, 15) is 18.0 Å². The molecule has 0 saturated carbocycles. The van der Waals surface area contributed by atoms with E-state index in [2.05, 4.69) is 0 Å². The summed E-state index contributed by atoms with van der Waals surface area (Å²) >= 11 is 0. The van der Waals surface area contributed by atoms with Gasteiger partial charge < -0.3 is 0 Å². The number of carbonyl (C=O) groups excluding carboxylic acids is 1. The highest BCUT2D eigenvalue weighted by Crippen LogP contribution is 2.36. The summed E-state index contributed by atoms with van der Waals surface area (Å²) in [7, 11) is 0. The first kappa shape index (κ1) is 14.8. The summed E-state index contributed by atoms with van der Waals surface area (Å²) in [5.74, 6) is -1.15. The molecule has 3 nitrogen and oxygen atoms in total. The fourth-order valence-corrected chi connectivity index (χ4v) is 2.03. The summed E-state index contributed by atoms with van der Waals surface area (Å²) < 4.78 is 38.8. The summed E-state index contributed by atoms with van der Waals surface area (Å²) in [5, 5.41) is 0.999. The maximum atomic E-state index is 12.9. The number of hydrogen-bond donors (Lipinski definition) is 0. The predicted octanol–water partition coefficient (Wildman–Crippen LogP) is 3.32. The maximum absolute atomic E-state index is 12.9. The minimum Gasteiger partial charge on any atom is -0.272 e. The molecule has 1 saturated heterocycles. The van der Waals surface area contributed by atoms with Crippen molar-refractivity contribution in [3.05, 3.63) is 35.6 Å². The van der Waals surface area contributed by atoms with Gasteiger partial charge in [-0.25, -0.2) is 18.2 Å². The molecule has 1 atom stereocenters. The van der Waals surface area contributed by atoms with Gasteiger partial charge in [-0.3, -0.25) is 9.63 Å². The number of benzene rings is 1. The first-order valence-electron chi connectivity index (χ1n) is 6.34. The molecule has 0 unspecified atom stereocenters. The molecule has 0 bridgehead atoms. The zero-order valence-electron chi connectivity index (χ0n) is 11.3. The van der Waals surface area contributed by atoms with Gasteiger partial charge in [-0.05, 0) is 31.5 Å². The molecular formula is C14H16F3NO2. The molecule has 1 aromatic rings. The van der Waals surface area contributed by atoms with Crippen LogP contribution >= 0.6 is 0 Å². The lowest BCUT2D eigenvalue weighted by atomic mass is 9.91. The number of hydrogen-bond acceptors (Lipinski definition) is 2. The van der Waals surface area contributed by atoms with Gasteiger partial charge in [-0.1, -0.05) is 12.1 Å². The number of carbonyl (C=O) groups is 1. The Kier molecular flexibility index (Phi) is 4.04. The third kappa shape index (κ3) is 2.65. The number of nitrogens with zero attached hydrogens (tertiary/aromatic N) is 1. The van der Waals surface area contributed by atoms with E-state index < -0.39 is 29.6 Å². The highest BCUT2D eigenvalue weighted by Gasteiger charge is 2.45. The highest BCUT2D eigenvalue weighted by atomic mass is 19.3. The maximum Gasteiger partial charge on any atom is 0.258 e. The molecule has 0 N–H and O–H groups in total. The smallest absolute Gasteiger partial charge is 0.258 e. The van der Waals surface area contributed by atoms with Gasteiger partial charge in [-0.15, -0.1) is 0 Å². The molecule has 1 fully saturated rings. The second-order valence-electron chi connectivity index (χ2n) is 5.34. The number of alkyl halides is 2. The van der Waals surface area contributed by atoms with Crippen LogP contribution in [0.5, 0.6) is 0 Å². The third-order valence-electron chi connectivity index (χ3n) is 3.46. The Balaban J connectivity index is 2.23. The van der Waals surface area contributed by atoms with E-state index in [1.54, 1.807) is 0 Å². The van der Waals surface area contributed by atoms with Crippen LogP contribution in [0.2, 0.25) is 0 Å². The summed E-state index contributed by atoms with van der Waals surface area (Å²) in [6.07, 6.45) is -2.29. The van der Waals surface area contributed by atoms with Gasteiger partial charge in [-0.2, -0.15) is 0 Å². The van der Waals surface area contributed by atoms with E-state index in [0.717, 1.165) is 5.06 Å². The summed E-state index contributed by atoms with van der Waals surface area (Å²) in [6, 6.07) is 5.15. The lowest BCUT2D eigenvalue weighted by Gasteiger charge is -2.31. The van der Waals surface area contributed by atoms with E-state index in [-0.39, 0.29) is 6.61 Å². The molecule has 1 amide bonds. The molecule has 0 aromatic heterocycles. The molecule has 6 heteroatoms. The van der Waals surface area contributed by atoms with Crippen LogP contribution in [0.25, 0.3) is 0 Å². The number of halogens is 3. The van der Waals surface area contributed by atoms with Gasteiger partial charge in [0.2, 0.25) is 0 Å². The largest absolute Gasteiger partial charge is 0.272 e. The number of hydroxylamine groups is 2. The molecule has 1 heterocycles. The molecule has 0 aliphatic carbocycles. The monoisotopic (exact) mass is 287 g/mol. The predicted molar refractivity (Wildman–Crippen MR) is 66.3 cm³/mol. The van der Waals surface area contributed by atoms with E-state index in [1.165, 1.54) is 38.1 Å². The number of amides is 1. The van der Waals surface area contributed by atoms with E-state index in [4.69, 9.17) is 4.84 Å². The Morgan fingerprint density at radius 3 is 2.50 bits per heavy atom. The topological polar surface area (TPSA) is 29.5 Å². The van der Waals surface area contributed by atoms with Crippen molar-refractivity contribution in [2.45, 2.75) is 32.7 Å². The van der Waals surface area contributed by atoms with Gasteiger partial charge in [0, 0.05) is 6.42 Å². The van der Waals surface area contributed by atoms with Crippen molar-refractivity contribution in [3.63, 3.8) is 0 Å². The van der Waals surface area contributed by atoms with Crippen LogP contribution in [0.3, 0.4) is 0 Å². The van der Waals surface area contributed by atoms with Crippen LogP contribution in [-0.2, 0) is 9.63 Å². The number of rotatable bonds is 3. The van der Waals surface area contributed by atoms with Crippen LogP contribution in [0.4, 0.5) is 13.2 Å². The minimum absolute atomic E-state index is 0.271. The lowest BCUT2D eigenvalue weighted by Crippen LogP contribution is -2.43. The van der Waals surface area contributed by atoms with Gasteiger partial charge >= 0.3 is 0 Å². The highest BCUT2D eigenvalue weighted by molar-refractivity contribution is 5.82. The van der Waals surface area contributed by atoms with Crippen molar-refractivity contribution in [3.8, 4) is 0 Å². The second-order valence-corrected chi connectivity index (χ2v) is 5.34. The Bertz CT molecular complexity index is 488. The van der Waals surface area contributed by atoms with E-state index >= 15 is 0 Å². The summed E-state index contributed by atoms with van der Waals surface area (Å²) in [6.45, 7) is 2.64. The zero-order chi connectivity index (χ0) is 14.9. The standard InChI is InChI=1S/C14H16F3NO2/c1-14(2,12(16)17)13(19)18-11(7-8-20-18)9-3-5-10(15)6-4-9/h3-6,11-12H,7-8H2,1-2H3/t11-/m0/s1. The quantitative estimate of drug-likeness (QED) is 0.853. The minimum atomic E-state index is -2.78. The van der Waals surface area contributed by atoms with E-state index in [0.29, 0.717) is 12.0 Å². The van der Waals surface area contributed by atoms with Crippen LogP contribution in [0, 0.1) is 11.2 Å². The van der Waals surface area contributed by atoms with Crippen molar-refractivity contribution in [1.82, 2.24) is 5.06 Å². The Labute approximate surface area is 115 Å². The van der Waals surface area contributed by atoms with Gasteiger partial charge in [0.05, 0.1) is 12.6 Å². The molecular weight excluding hydrogens is 271 g/mol. The molecule has 2 rings (SSSR count). The average Bonchev–Trinajstić information content (AvgIpc) is 2.87. The molecule has 0 radical (unpaired) electrons. The SMILES string of the molecule is CC(C)(C(=O)N1OCC[C@H]1c1ccc(F)cc1)C(F)F. The van der Waals surface area contributed by atoms with Crippen LogP contribution in [-0.4, -0.2) is 24.0 Å². The molecule has 1 aromatic carbocycles. The second kappa shape index (κ2) is 5.44. The van der Waals surface area contributed by atoms with Crippen LogP contribution in [0.15, 0.2) is 24.3 Å². The third-order valence-corrected chi connectivity index (χ3v) is 3.46. The Hall–Kier alpha value is -1.56. The van der Waals surface area contributed by atoms with Crippen molar-refractivity contribution in [1.29, 1.82) is 0 Å². The fraction of sp³-hybridized carbons (Fsp3) is 0.500. The van der Waals surface area contributed by atoms with Crippen molar-refractivity contribution in [2.75, 3.05) is 6.61 Å². The molecule has 1 aliphatic rings. The first-order valence-corrected chi connectivity index (χ1v) is 6.34. The van der Waals surface area contributed by atoms with Gasteiger partial charge in [0.25, 0.3) is 12.3 Å². The van der Waals surface area contributed by atoms with Crippen molar-refractivity contribution >= 4 is 5.91 Å². The first-order chi connectivity index (χ1) is 9.34. The van der Waals surface area contributed by atoms with Crippen LogP contribution in [0.1, 0.15) is 31.9 Å². The Morgan fingerprint density at radius 2 is 1.95 bits per heavy atom.